The second-order valence-electron chi connectivity index (χ2n) is 8.01. The lowest BCUT2D eigenvalue weighted by molar-refractivity contribution is -0.136. The van der Waals surface area contributed by atoms with Gasteiger partial charge in [-0.3, -0.25) is 9.20 Å². The van der Waals surface area contributed by atoms with E-state index >= 15 is 0 Å². The summed E-state index contributed by atoms with van der Waals surface area (Å²) >= 11 is 6.35. The number of halogens is 6. The second-order valence-corrected chi connectivity index (χ2v) is 8.37. The van der Waals surface area contributed by atoms with Crippen molar-refractivity contribution < 1.29 is 31.2 Å². The van der Waals surface area contributed by atoms with Crippen LogP contribution < -0.4 is 0 Å². The Morgan fingerprint density at radius 3 is 2.59 bits per heavy atom. The molecule has 11 heteroatoms. The Morgan fingerprint density at radius 2 is 1.91 bits per heavy atom. The number of nitrogens with zero attached hydrogens (tertiary/aromatic N) is 3. The lowest BCUT2D eigenvalue weighted by atomic mass is 9.98. The van der Waals surface area contributed by atoms with Gasteiger partial charge >= 0.3 is 6.18 Å². The Kier molecular flexibility index (Phi) is 5.35. The van der Waals surface area contributed by atoms with Crippen LogP contribution in [0.5, 0.6) is 0 Å². The van der Waals surface area contributed by atoms with Crippen LogP contribution in [0.25, 0.3) is 16.8 Å². The van der Waals surface area contributed by atoms with Crippen molar-refractivity contribution in [1.29, 1.82) is 0 Å². The van der Waals surface area contributed by atoms with E-state index < -0.39 is 34.9 Å². The van der Waals surface area contributed by atoms with Crippen molar-refractivity contribution in [2.45, 2.75) is 18.5 Å². The van der Waals surface area contributed by atoms with Crippen molar-refractivity contribution in [2.75, 3.05) is 13.1 Å². The van der Waals surface area contributed by atoms with Crippen molar-refractivity contribution in [3.8, 4) is 11.1 Å². The van der Waals surface area contributed by atoms with Gasteiger partial charge in [0, 0.05) is 36.3 Å². The molecule has 0 radical (unpaired) electrons. The highest BCUT2D eigenvalue weighted by atomic mass is 35.5. The molecule has 3 aromatic heterocycles. The third kappa shape index (κ3) is 3.81. The van der Waals surface area contributed by atoms with Crippen LogP contribution in [0.15, 0.2) is 53.5 Å². The average Bonchev–Trinajstić information content (AvgIpc) is 3.54. The molecule has 0 bridgehead atoms. The number of rotatable bonds is 3. The van der Waals surface area contributed by atoms with E-state index in [9.17, 15) is 26.7 Å². The summed E-state index contributed by atoms with van der Waals surface area (Å²) < 4.78 is 74.3. The summed E-state index contributed by atoms with van der Waals surface area (Å²) in [5.41, 5.74) is -0.745. The van der Waals surface area contributed by atoms with Crippen LogP contribution in [0.3, 0.4) is 0 Å². The first kappa shape index (κ1) is 22.4. The zero-order chi connectivity index (χ0) is 24.2. The zero-order valence-electron chi connectivity index (χ0n) is 17.2. The summed E-state index contributed by atoms with van der Waals surface area (Å²) in [5.74, 6) is -2.86. The molecule has 1 saturated heterocycles. The van der Waals surface area contributed by atoms with E-state index in [-0.39, 0.29) is 35.4 Å². The summed E-state index contributed by atoms with van der Waals surface area (Å²) in [4.78, 5) is 18.5. The number of hydrogen-bond donors (Lipinski definition) is 0. The van der Waals surface area contributed by atoms with Crippen LogP contribution in [0, 0.1) is 11.6 Å². The van der Waals surface area contributed by atoms with Gasteiger partial charge in [-0.05, 0) is 36.2 Å². The van der Waals surface area contributed by atoms with E-state index in [1.54, 1.807) is 0 Å². The topological polar surface area (TPSA) is 50.8 Å². The lowest BCUT2D eigenvalue weighted by Gasteiger charge is -2.16. The Morgan fingerprint density at radius 1 is 1.12 bits per heavy atom. The number of hydrogen-bond acceptors (Lipinski definition) is 3. The summed E-state index contributed by atoms with van der Waals surface area (Å²) in [6.45, 7) is 0.430. The Labute approximate surface area is 194 Å². The Balaban J connectivity index is 1.51. The maximum atomic E-state index is 13.8. The van der Waals surface area contributed by atoms with Crippen LogP contribution in [-0.4, -0.2) is 33.3 Å². The Bertz CT molecular complexity index is 1400. The first-order valence-corrected chi connectivity index (χ1v) is 10.6. The number of pyridine rings is 1. The summed E-state index contributed by atoms with van der Waals surface area (Å²) in [7, 11) is 0. The van der Waals surface area contributed by atoms with Gasteiger partial charge in [-0.25, -0.2) is 13.8 Å². The van der Waals surface area contributed by atoms with E-state index in [4.69, 9.17) is 16.0 Å². The van der Waals surface area contributed by atoms with Crippen LogP contribution in [0.4, 0.5) is 22.0 Å². The number of carbonyl (C=O) groups is 1. The number of amides is 1. The van der Waals surface area contributed by atoms with Gasteiger partial charge < -0.3 is 9.32 Å². The van der Waals surface area contributed by atoms with E-state index in [1.807, 2.05) is 0 Å². The monoisotopic (exact) mass is 495 g/mol. The maximum absolute atomic E-state index is 13.8. The highest BCUT2D eigenvalue weighted by Gasteiger charge is 2.37. The maximum Gasteiger partial charge on any atom is 0.420 e. The van der Waals surface area contributed by atoms with Crippen molar-refractivity contribution >= 4 is 23.2 Å². The van der Waals surface area contributed by atoms with Crippen LogP contribution >= 0.6 is 11.6 Å². The molecule has 5 rings (SSSR count). The molecule has 1 fully saturated rings. The number of carbonyl (C=O) groups excluding carboxylic acids is 1. The number of alkyl halides is 3. The molecular weight excluding hydrogens is 481 g/mol. The van der Waals surface area contributed by atoms with Crippen molar-refractivity contribution in [1.82, 2.24) is 14.3 Å². The molecule has 5 nitrogen and oxygen atoms in total. The molecule has 1 aliphatic rings. The fourth-order valence-electron chi connectivity index (χ4n) is 4.18. The minimum absolute atomic E-state index is 0.167. The van der Waals surface area contributed by atoms with Crippen LogP contribution in [0.2, 0.25) is 5.15 Å². The van der Waals surface area contributed by atoms with Crippen molar-refractivity contribution in [3.05, 3.63) is 82.7 Å². The lowest BCUT2D eigenvalue weighted by Crippen LogP contribution is -2.29. The van der Waals surface area contributed by atoms with Gasteiger partial charge in [0.25, 0.3) is 5.91 Å². The summed E-state index contributed by atoms with van der Waals surface area (Å²) in [6.07, 6.45) is -0.299. The molecule has 1 amide bonds. The molecule has 4 heterocycles. The van der Waals surface area contributed by atoms with Gasteiger partial charge in [0.15, 0.2) is 23.0 Å². The normalized spacial score (nSPS) is 16.5. The van der Waals surface area contributed by atoms with Crippen molar-refractivity contribution in [2.24, 2.45) is 0 Å². The fourth-order valence-corrected chi connectivity index (χ4v) is 4.43. The third-order valence-corrected chi connectivity index (χ3v) is 6.28. The molecule has 34 heavy (non-hydrogen) atoms. The third-order valence-electron chi connectivity index (χ3n) is 5.91. The van der Waals surface area contributed by atoms with Gasteiger partial charge in [0.2, 0.25) is 0 Å². The van der Waals surface area contributed by atoms with E-state index in [0.717, 1.165) is 22.6 Å². The molecule has 0 aliphatic carbocycles. The molecule has 1 aromatic carbocycles. The van der Waals surface area contributed by atoms with Gasteiger partial charge in [0.1, 0.15) is 5.15 Å². The largest absolute Gasteiger partial charge is 0.472 e. The average molecular weight is 496 g/mol. The highest BCUT2D eigenvalue weighted by molar-refractivity contribution is 6.33. The molecule has 1 aliphatic heterocycles. The predicted molar refractivity (Wildman–Crippen MR) is 113 cm³/mol. The Hall–Kier alpha value is -3.40. The van der Waals surface area contributed by atoms with E-state index in [2.05, 4.69) is 4.98 Å². The SMILES string of the molecule is O=C(c1nc2c(C(F)(F)F)cc(-c3ccoc3)cn2c1Cl)N1CCC(c2ccc(F)c(F)c2)C1. The van der Waals surface area contributed by atoms with Crippen LogP contribution in [0.1, 0.15) is 34.0 Å². The summed E-state index contributed by atoms with van der Waals surface area (Å²) in [6, 6.07) is 5.97. The molecule has 0 N–H and O–H groups in total. The quantitative estimate of drug-likeness (QED) is 0.319. The minimum atomic E-state index is -4.75. The molecule has 1 unspecified atom stereocenters. The molecule has 1 atom stereocenters. The second kappa shape index (κ2) is 8.12. The molecular formula is C23H15ClF5N3O2. The number of imidazole rings is 1. The number of benzene rings is 1. The zero-order valence-corrected chi connectivity index (χ0v) is 18.0. The van der Waals surface area contributed by atoms with E-state index in [0.29, 0.717) is 17.5 Å². The van der Waals surface area contributed by atoms with Crippen LogP contribution in [-0.2, 0) is 6.18 Å². The fraction of sp³-hybridized carbons (Fsp3) is 0.217. The first-order valence-electron chi connectivity index (χ1n) is 10.2. The molecule has 176 valence electrons. The molecule has 0 spiro atoms. The van der Waals surface area contributed by atoms with E-state index in [1.165, 1.54) is 35.8 Å². The molecule has 0 saturated carbocycles. The first-order chi connectivity index (χ1) is 16.1. The highest BCUT2D eigenvalue weighted by Crippen LogP contribution is 2.38. The van der Waals surface area contributed by atoms with Gasteiger partial charge in [-0.15, -0.1) is 0 Å². The number of aromatic nitrogens is 2. The molecule has 4 aromatic rings. The predicted octanol–water partition coefficient (Wildman–Crippen LogP) is 6.17. The van der Waals surface area contributed by atoms with Gasteiger partial charge in [-0.1, -0.05) is 17.7 Å². The van der Waals surface area contributed by atoms with Gasteiger partial charge in [-0.2, -0.15) is 13.2 Å². The smallest absolute Gasteiger partial charge is 0.420 e. The van der Waals surface area contributed by atoms with Crippen molar-refractivity contribution in [3.63, 3.8) is 0 Å². The summed E-state index contributed by atoms with van der Waals surface area (Å²) in [5, 5.41) is -0.257. The number of furan rings is 1. The minimum Gasteiger partial charge on any atom is -0.472 e. The van der Waals surface area contributed by atoms with Gasteiger partial charge in [0.05, 0.1) is 18.1 Å². The standard InChI is InChI=1S/C23H15ClF5N3O2/c24-20-19(22(33)31-5-3-13(9-31)12-1-2-17(25)18(26)8-12)30-21-16(23(27,28)29)7-15(10-32(20)21)14-4-6-34-11-14/h1-2,4,6-8,10-11,13H,3,5,9H2. The number of fused-ring (bicyclic) bond motifs is 1. The number of likely N-dealkylation sites (tertiary alicyclic amines) is 1.